The molecule has 0 bridgehead atoms. The van der Waals surface area contributed by atoms with Crippen molar-refractivity contribution in [3.8, 4) is 11.5 Å². The second-order valence-corrected chi connectivity index (χ2v) is 23.1. The Morgan fingerprint density at radius 1 is 0.860 bits per heavy atom. The summed E-state index contributed by atoms with van der Waals surface area (Å²) in [5, 5.41) is 33.0. The predicted octanol–water partition coefficient (Wildman–Crippen LogP) is 12.1. The van der Waals surface area contributed by atoms with E-state index in [0.717, 1.165) is 86.1 Å². The number of carbonyl (C=O) groups is 1. The number of unbranched alkanes of at least 4 members (excludes halogenated alkanes) is 3. The van der Waals surface area contributed by atoms with Crippen molar-refractivity contribution < 1.29 is 29.0 Å². The molecule has 0 heterocycles. The van der Waals surface area contributed by atoms with Crippen LogP contribution in [0.15, 0.2) is 46.4 Å². The zero-order valence-electron chi connectivity index (χ0n) is 37.7. The molecule has 1 saturated carbocycles. The SMILES string of the molecule is CCO[Si](C)(CCCCCCC(C=N[C@@H]1CCCC[C@H]1N=Cc1cc(C(C)(C)C)cc(C(C)(C)C)c1O)C(c1ccccc1O)C(CC(=O)O)C(C)(C)C)OCC. The molecule has 320 valence electrons. The van der Waals surface area contributed by atoms with Crippen LogP contribution in [-0.4, -0.2) is 67.6 Å². The molecular formula is C48H78N2O6Si. The summed E-state index contributed by atoms with van der Waals surface area (Å²) in [6.45, 7) is 26.9. The number of para-hydroxylation sites is 1. The molecule has 2 aromatic carbocycles. The number of hydrogen-bond acceptors (Lipinski definition) is 7. The summed E-state index contributed by atoms with van der Waals surface area (Å²) >= 11 is 0. The van der Waals surface area contributed by atoms with E-state index in [1.54, 1.807) is 6.07 Å². The van der Waals surface area contributed by atoms with Crippen LogP contribution in [-0.2, 0) is 24.5 Å². The zero-order valence-corrected chi connectivity index (χ0v) is 38.7. The van der Waals surface area contributed by atoms with Crippen LogP contribution in [0.2, 0.25) is 12.6 Å². The third kappa shape index (κ3) is 14.6. The molecule has 3 N–H and O–H groups in total. The minimum absolute atomic E-state index is 0.00503. The first-order chi connectivity index (χ1) is 26.6. The minimum Gasteiger partial charge on any atom is -0.508 e. The Morgan fingerprint density at radius 3 is 2.00 bits per heavy atom. The Balaban J connectivity index is 2.02. The van der Waals surface area contributed by atoms with E-state index in [0.29, 0.717) is 13.2 Å². The number of carboxylic acid groups (broad SMARTS) is 1. The molecule has 1 aliphatic carbocycles. The summed E-state index contributed by atoms with van der Waals surface area (Å²) < 4.78 is 12.2. The Hall–Kier alpha value is -3.01. The summed E-state index contributed by atoms with van der Waals surface area (Å²) in [6, 6.07) is 12.5. The number of rotatable bonds is 20. The maximum Gasteiger partial charge on any atom is 0.334 e. The lowest BCUT2D eigenvalue weighted by molar-refractivity contribution is -0.139. The summed E-state index contributed by atoms with van der Waals surface area (Å²) in [5.74, 6) is -0.951. The third-order valence-corrected chi connectivity index (χ3v) is 15.0. The van der Waals surface area contributed by atoms with E-state index in [2.05, 4.69) is 87.2 Å². The van der Waals surface area contributed by atoms with E-state index < -0.39 is 14.5 Å². The summed E-state index contributed by atoms with van der Waals surface area (Å²) in [5.41, 5.74) is 2.94. The summed E-state index contributed by atoms with van der Waals surface area (Å²) in [6.07, 6.45) is 12.8. The summed E-state index contributed by atoms with van der Waals surface area (Å²) in [7, 11) is -2.17. The number of benzene rings is 2. The van der Waals surface area contributed by atoms with Gasteiger partial charge in [-0.2, -0.15) is 0 Å². The van der Waals surface area contributed by atoms with Crippen LogP contribution in [0.5, 0.6) is 11.5 Å². The molecule has 0 spiro atoms. The van der Waals surface area contributed by atoms with Crippen LogP contribution >= 0.6 is 0 Å². The van der Waals surface area contributed by atoms with Crippen molar-refractivity contribution in [1.82, 2.24) is 0 Å². The van der Waals surface area contributed by atoms with E-state index in [9.17, 15) is 20.1 Å². The zero-order chi connectivity index (χ0) is 42.6. The number of carboxylic acids is 1. The fourth-order valence-corrected chi connectivity index (χ4v) is 11.1. The number of aliphatic imine (C=N–C) groups is 2. The molecule has 0 aliphatic heterocycles. The Kier molecular flexibility index (Phi) is 18.1. The predicted molar refractivity (Wildman–Crippen MR) is 240 cm³/mol. The van der Waals surface area contributed by atoms with Crippen LogP contribution in [0.3, 0.4) is 0 Å². The van der Waals surface area contributed by atoms with Gasteiger partial charge >= 0.3 is 14.5 Å². The van der Waals surface area contributed by atoms with E-state index >= 15 is 0 Å². The van der Waals surface area contributed by atoms with Gasteiger partial charge in [0.25, 0.3) is 0 Å². The average molecular weight is 807 g/mol. The number of nitrogens with zero attached hydrogens (tertiary/aromatic N) is 2. The van der Waals surface area contributed by atoms with Crippen LogP contribution < -0.4 is 0 Å². The van der Waals surface area contributed by atoms with Gasteiger partial charge in [0.15, 0.2) is 0 Å². The largest absolute Gasteiger partial charge is 0.508 e. The molecular weight excluding hydrogens is 729 g/mol. The van der Waals surface area contributed by atoms with Crippen LogP contribution in [0.4, 0.5) is 0 Å². The smallest absolute Gasteiger partial charge is 0.334 e. The van der Waals surface area contributed by atoms with Crippen LogP contribution in [0.1, 0.15) is 169 Å². The van der Waals surface area contributed by atoms with Gasteiger partial charge in [-0.3, -0.25) is 14.8 Å². The van der Waals surface area contributed by atoms with Crippen molar-refractivity contribution in [2.45, 2.75) is 182 Å². The van der Waals surface area contributed by atoms with Gasteiger partial charge in [0.2, 0.25) is 0 Å². The third-order valence-electron chi connectivity index (χ3n) is 11.9. The van der Waals surface area contributed by atoms with Crippen molar-refractivity contribution in [3.63, 3.8) is 0 Å². The van der Waals surface area contributed by atoms with Crippen molar-refractivity contribution >= 4 is 27.0 Å². The lowest BCUT2D eigenvalue weighted by atomic mass is 9.64. The first kappa shape index (κ1) is 48.4. The molecule has 9 heteroatoms. The molecule has 0 radical (unpaired) electrons. The van der Waals surface area contributed by atoms with Gasteiger partial charge in [0.1, 0.15) is 11.5 Å². The van der Waals surface area contributed by atoms with Crippen LogP contribution in [0, 0.1) is 17.3 Å². The van der Waals surface area contributed by atoms with Crippen LogP contribution in [0.25, 0.3) is 0 Å². The van der Waals surface area contributed by atoms with E-state index in [1.165, 1.54) is 0 Å². The Morgan fingerprint density at radius 2 is 1.46 bits per heavy atom. The van der Waals surface area contributed by atoms with Crippen molar-refractivity contribution in [3.05, 3.63) is 58.7 Å². The molecule has 0 saturated heterocycles. The minimum atomic E-state index is -2.17. The highest BCUT2D eigenvalue weighted by Gasteiger charge is 2.40. The van der Waals surface area contributed by atoms with Gasteiger partial charge in [-0.1, -0.05) is 125 Å². The maximum atomic E-state index is 12.5. The molecule has 1 fully saturated rings. The topological polar surface area (TPSA) is 121 Å². The normalized spacial score (nSPS) is 18.9. The van der Waals surface area contributed by atoms with Crippen molar-refractivity contribution in [2.24, 2.45) is 27.2 Å². The average Bonchev–Trinajstić information content (AvgIpc) is 3.10. The summed E-state index contributed by atoms with van der Waals surface area (Å²) in [4.78, 5) is 23.0. The van der Waals surface area contributed by atoms with Gasteiger partial charge in [0, 0.05) is 49.1 Å². The lowest BCUT2D eigenvalue weighted by Gasteiger charge is -2.40. The maximum absolute atomic E-state index is 12.5. The standard InChI is InChI=1S/C48H78N2O6Si/c1-13-55-57(12,56-14-2)28-22-16-15-17-23-34(44(37-24-18-21-27-42(37)51)38(31-43(52)53)47(6,7)8)32-49-40-25-19-20-26-41(40)50-33-35-29-36(46(3,4)5)30-39(45(35)54)48(9,10)11/h18,21,24,27,29-30,32-34,38,40-41,44,51,54H,13-17,19-20,22-23,25-26,28,31H2,1-12H3,(H,52,53)/t34?,38?,40-,41-,44?/m1/s1. The van der Waals surface area contributed by atoms with Gasteiger partial charge in [0.05, 0.1) is 12.1 Å². The monoisotopic (exact) mass is 807 g/mol. The molecule has 3 unspecified atom stereocenters. The number of phenolic OH excluding ortho intramolecular Hbond substituents is 2. The van der Waals surface area contributed by atoms with Crippen molar-refractivity contribution in [2.75, 3.05) is 13.2 Å². The highest BCUT2D eigenvalue weighted by Crippen LogP contribution is 2.48. The lowest BCUT2D eigenvalue weighted by Crippen LogP contribution is -2.38. The van der Waals surface area contributed by atoms with Gasteiger partial charge < -0.3 is 24.2 Å². The molecule has 3 rings (SSSR count). The van der Waals surface area contributed by atoms with E-state index in [1.807, 2.05) is 38.3 Å². The molecule has 0 amide bonds. The molecule has 0 aromatic heterocycles. The number of hydrogen-bond donors (Lipinski definition) is 3. The second-order valence-electron chi connectivity index (χ2n) is 19.7. The second kappa shape index (κ2) is 21.3. The highest BCUT2D eigenvalue weighted by molar-refractivity contribution is 6.66. The molecule has 8 nitrogen and oxygen atoms in total. The fourth-order valence-electron chi connectivity index (χ4n) is 8.59. The van der Waals surface area contributed by atoms with Crippen molar-refractivity contribution in [1.29, 1.82) is 0 Å². The van der Waals surface area contributed by atoms with Gasteiger partial charge in [-0.25, -0.2) is 0 Å². The fraction of sp³-hybridized carbons (Fsp3) is 0.688. The van der Waals surface area contributed by atoms with E-state index in [4.69, 9.17) is 18.8 Å². The molecule has 1 aliphatic rings. The number of aliphatic carboxylic acids is 1. The molecule has 5 atom stereocenters. The first-order valence-electron chi connectivity index (χ1n) is 21.8. The highest BCUT2D eigenvalue weighted by atomic mass is 28.4. The Bertz CT molecular complexity index is 1610. The number of phenols is 2. The van der Waals surface area contributed by atoms with E-state index in [-0.39, 0.29) is 64.0 Å². The molecule has 57 heavy (non-hydrogen) atoms. The number of aromatic hydroxyl groups is 2. The van der Waals surface area contributed by atoms with Gasteiger partial charge in [-0.15, -0.1) is 0 Å². The first-order valence-corrected chi connectivity index (χ1v) is 24.4. The Labute approximate surface area is 347 Å². The molecule has 2 aromatic rings. The quantitative estimate of drug-likeness (QED) is 0.0696. The van der Waals surface area contributed by atoms with Gasteiger partial charge in [-0.05, 0) is 97.0 Å².